The molecule has 1 aromatic heterocycles. The van der Waals surface area contributed by atoms with Crippen molar-refractivity contribution in [2.75, 3.05) is 13.7 Å². The van der Waals surface area contributed by atoms with Crippen molar-refractivity contribution in [2.45, 2.75) is 52.5 Å². The van der Waals surface area contributed by atoms with Gasteiger partial charge in [0.05, 0.1) is 35.6 Å². The molecular weight excluding hydrogens is 488 g/mol. The monoisotopic (exact) mass is 520 g/mol. The number of nitrogens with zero attached hydrogens (tertiary/aromatic N) is 2. The zero-order valence-electron chi connectivity index (χ0n) is 21.8. The molecule has 7 nitrogen and oxygen atoms in total. The number of hydrogen-bond acceptors (Lipinski definition) is 7. The van der Waals surface area contributed by atoms with Gasteiger partial charge >= 0.3 is 5.97 Å². The Kier molecular flexibility index (Phi) is 7.97. The third-order valence-electron chi connectivity index (χ3n) is 6.31. The van der Waals surface area contributed by atoms with Crippen LogP contribution >= 0.6 is 11.3 Å². The highest BCUT2D eigenvalue weighted by Gasteiger charge is 2.34. The molecule has 4 rings (SSSR count). The number of allylic oxidation sites excluding steroid dienone is 1. The fourth-order valence-electron chi connectivity index (χ4n) is 4.45. The molecule has 0 unspecified atom stereocenters. The van der Waals surface area contributed by atoms with Gasteiger partial charge in [-0.25, -0.2) is 9.79 Å². The molecule has 1 aliphatic rings. The maximum absolute atomic E-state index is 13.8. The summed E-state index contributed by atoms with van der Waals surface area (Å²) in [5.74, 6) is 0.239. The Morgan fingerprint density at radius 3 is 2.51 bits per heavy atom. The molecule has 0 radical (unpaired) electrons. The predicted molar refractivity (Wildman–Crippen MR) is 145 cm³/mol. The number of rotatable bonds is 8. The lowest BCUT2D eigenvalue weighted by Crippen LogP contribution is -2.40. The number of carbonyl (C=O) groups is 1. The van der Waals surface area contributed by atoms with E-state index in [-0.39, 0.29) is 17.9 Å². The number of phenols is 1. The number of benzene rings is 2. The molecule has 1 N–H and O–H groups in total. The molecule has 0 saturated heterocycles. The Balaban J connectivity index is 1.96. The zero-order valence-corrected chi connectivity index (χ0v) is 22.6. The molecule has 0 amide bonds. The lowest BCUT2D eigenvalue weighted by molar-refractivity contribution is -0.139. The molecule has 2 aromatic carbocycles. The second kappa shape index (κ2) is 11.2. The second-order valence-corrected chi connectivity index (χ2v) is 10.2. The Hall–Kier alpha value is -3.65. The summed E-state index contributed by atoms with van der Waals surface area (Å²) in [5, 5.41) is 10.2. The van der Waals surface area contributed by atoms with E-state index in [1.54, 1.807) is 35.8 Å². The van der Waals surface area contributed by atoms with Gasteiger partial charge in [-0.15, -0.1) is 0 Å². The highest BCUT2D eigenvalue weighted by atomic mass is 32.1. The molecule has 0 spiro atoms. The molecule has 0 fully saturated rings. The molecule has 8 heteroatoms. The molecule has 3 aromatic rings. The van der Waals surface area contributed by atoms with E-state index in [9.17, 15) is 14.7 Å². The number of thiazole rings is 1. The minimum atomic E-state index is -0.649. The Morgan fingerprint density at radius 1 is 1.19 bits per heavy atom. The maximum atomic E-state index is 13.8. The van der Waals surface area contributed by atoms with Gasteiger partial charge in [0.25, 0.3) is 5.56 Å². The van der Waals surface area contributed by atoms with E-state index in [2.05, 4.69) is 13.8 Å². The average Bonchev–Trinajstić information content (AvgIpc) is 3.18. The largest absolute Gasteiger partial charge is 0.504 e. The first-order valence-electron chi connectivity index (χ1n) is 12.5. The molecular formula is C29H32N2O5S. The SMILES string of the molecule is CCCC1=C(C(=O)OCC)[C@@H](c2ccc(C(C)C)cc2)n2c(s/c(=C\c3ccc(OC)c(O)c3)c2=O)=N1. The van der Waals surface area contributed by atoms with E-state index >= 15 is 0 Å². The van der Waals surface area contributed by atoms with Crippen molar-refractivity contribution in [1.29, 1.82) is 0 Å². The quantitative estimate of drug-likeness (QED) is 0.444. The number of fused-ring (bicyclic) bond motifs is 1. The Morgan fingerprint density at radius 2 is 1.92 bits per heavy atom. The van der Waals surface area contributed by atoms with Crippen molar-refractivity contribution in [2.24, 2.45) is 4.99 Å². The first-order chi connectivity index (χ1) is 17.8. The third kappa shape index (κ3) is 5.25. The summed E-state index contributed by atoms with van der Waals surface area (Å²) < 4.78 is 12.6. The van der Waals surface area contributed by atoms with Crippen LogP contribution in [-0.4, -0.2) is 29.4 Å². The van der Waals surface area contributed by atoms with Crippen molar-refractivity contribution < 1.29 is 19.4 Å². The van der Waals surface area contributed by atoms with Gasteiger partial charge in [-0.2, -0.15) is 0 Å². The van der Waals surface area contributed by atoms with Crippen molar-refractivity contribution in [3.63, 3.8) is 0 Å². The lowest BCUT2D eigenvalue weighted by atomic mass is 9.92. The summed E-state index contributed by atoms with van der Waals surface area (Å²) in [4.78, 5) is 32.4. The van der Waals surface area contributed by atoms with Gasteiger partial charge < -0.3 is 14.6 Å². The number of carbonyl (C=O) groups excluding carboxylic acids is 1. The van der Waals surface area contributed by atoms with Crippen LogP contribution in [0.25, 0.3) is 6.08 Å². The van der Waals surface area contributed by atoms with Crippen LogP contribution in [0.5, 0.6) is 11.5 Å². The van der Waals surface area contributed by atoms with Crippen LogP contribution in [0.1, 0.15) is 69.2 Å². The van der Waals surface area contributed by atoms with E-state index in [1.165, 1.54) is 24.0 Å². The smallest absolute Gasteiger partial charge is 0.338 e. The van der Waals surface area contributed by atoms with E-state index in [0.717, 1.165) is 12.0 Å². The average molecular weight is 521 g/mol. The predicted octanol–water partition coefficient (Wildman–Crippen LogP) is 4.42. The van der Waals surface area contributed by atoms with Crippen LogP contribution in [0, 0.1) is 0 Å². The Labute approximate surface area is 220 Å². The minimum Gasteiger partial charge on any atom is -0.504 e. The number of aromatic hydroxyl groups is 1. The molecule has 37 heavy (non-hydrogen) atoms. The molecule has 1 aliphatic heterocycles. The fraction of sp³-hybridized carbons (Fsp3) is 0.345. The first-order valence-corrected chi connectivity index (χ1v) is 13.3. The number of hydrogen-bond donors (Lipinski definition) is 1. The molecule has 2 heterocycles. The van der Waals surface area contributed by atoms with Gasteiger partial charge in [-0.3, -0.25) is 9.36 Å². The van der Waals surface area contributed by atoms with Gasteiger partial charge in [-0.05, 0) is 54.2 Å². The van der Waals surface area contributed by atoms with Crippen LogP contribution in [-0.2, 0) is 9.53 Å². The summed E-state index contributed by atoms with van der Waals surface area (Å²) in [6.07, 6.45) is 3.10. The summed E-state index contributed by atoms with van der Waals surface area (Å²) >= 11 is 1.26. The van der Waals surface area contributed by atoms with E-state index in [1.807, 2.05) is 31.2 Å². The van der Waals surface area contributed by atoms with E-state index in [4.69, 9.17) is 14.5 Å². The van der Waals surface area contributed by atoms with Gasteiger partial charge in [-0.1, -0.05) is 68.9 Å². The van der Waals surface area contributed by atoms with E-state index in [0.29, 0.717) is 44.3 Å². The molecule has 0 saturated carbocycles. The fourth-order valence-corrected chi connectivity index (χ4v) is 5.47. The van der Waals surface area contributed by atoms with Crippen LogP contribution in [0.3, 0.4) is 0 Å². The highest BCUT2D eigenvalue weighted by molar-refractivity contribution is 7.07. The third-order valence-corrected chi connectivity index (χ3v) is 7.29. The number of aromatic nitrogens is 1. The standard InChI is InChI=1S/C29H32N2O5S/c1-6-8-21-25(28(34)36-7-2)26(20-12-10-19(11-13-20)17(3)4)31-27(33)24(37-29(31)30-21)16-18-9-14-23(35-5)22(32)15-18/h9-17,26,32H,6-8H2,1-5H3/b24-16-/t26-/m1/s1. The van der Waals surface area contributed by atoms with Crippen LogP contribution < -0.4 is 19.6 Å². The lowest BCUT2D eigenvalue weighted by Gasteiger charge is -2.26. The number of methoxy groups -OCH3 is 1. The minimum absolute atomic E-state index is 0.0121. The molecule has 1 atom stereocenters. The van der Waals surface area contributed by atoms with Crippen molar-refractivity contribution in [1.82, 2.24) is 4.57 Å². The number of phenolic OH excluding ortho intramolecular Hbond substituents is 1. The highest BCUT2D eigenvalue weighted by Crippen LogP contribution is 2.33. The first kappa shape index (κ1) is 26.4. The zero-order chi connectivity index (χ0) is 26.7. The van der Waals surface area contributed by atoms with Gasteiger partial charge in [0.15, 0.2) is 16.3 Å². The topological polar surface area (TPSA) is 90.1 Å². The van der Waals surface area contributed by atoms with Crippen molar-refractivity contribution in [3.8, 4) is 11.5 Å². The summed E-state index contributed by atoms with van der Waals surface area (Å²) in [6.45, 7) is 8.27. The Bertz CT molecular complexity index is 1510. The second-order valence-electron chi connectivity index (χ2n) is 9.17. The van der Waals surface area contributed by atoms with Crippen LogP contribution in [0.15, 0.2) is 63.5 Å². The van der Waals surface area contributed by atoms with Crippen molar-refractivity contribution in [3.05, 3.63) is 90.1 Å². The van der Waals surface area contributed by atoms with Gasteiger partial charge in [0, 0.05) is 0 Å². The van der Waals surface area contributed by atoms with Gasteiger partial charge in [0.1, 0.15) is 0 Å². The summed E-state index contributed by atoms with van der Waals surface area (Å²) in [5.41, 5.74) is 3.45. The number of esters is 1. The molecule has 0 aliphatic carbocycles. The number of ether oxygens (including phenoxy) is 2. The maximum Gasteiger partial charge on any atom is 0.338 e. The normalized spacial score (nSPS) is 15.5. The van der Waals surface area contributed by atoms with Crippen LogP contribution in [0.2, 0.25) is 0 Å². The molecule has 194 valence electrons. The summed E-state index contributed by atoms with van der Waals surface area (Å²) in [7, 11) is 1.48. The van der Waals surface area contributed by atoms with Gasteiger partial charge in [0.2, 0.25) is 0 Å². The van der Waals surface area contributed by atoms with E-state index < -0.39 is 12.0 Å². The van der Waals surface area contributed by atoms with Crippen molar-refractivity contribution >= 4 is 23.4 Å². The molecule has 0 bridgehead atoms. The summed E-state index contributed by atoms with van der Waals surface area (Å²) in [6, 6.07) is 12.4. The van der Waals surface area contributed by atoms with Crippen LogP contribution in [0.4, 0.5) is 0 Å².